The average molecular weight is 427 g/mol. The Balaban J connectivity index is 1.73. The van der Waals surface area contributed by atoms with Crippen molar-refractivity contribution in [2.45, 2.75) is 57.4 Å². The van der Waals surface area contributed by atoms with Crippen LogP contribution >= 0.6 is 23.4 Å². The summed E-state index contributed by atoms with van der Waals surface area (Å²) in [5, 5.41) is 1.45. The minimum Gasteiger partial charge on any atom is -0.439 e. The Kier molecular flexibility index (Phi) is 6.86. The number of hydrogen-bond donors (Lipinski definition) is 0. The van der Waals surface area contributed by atoms with Crippen LogP contribution in [-0.4, -0.2) is 9.97 Å². The third-order valence-corrected chi connectivity index (χ3v) is 5.98. The maximum absolute atomic E-state index is 6.11. The smallest absolute Gasteiger partial charge is 0.223 e. The molecule has 3 rings (SSSR count). The second kappa shape index (κ2) is 9.19. The predicted molar refractivity (Wildman–Crippen MR) is 122 cm³/mol. The fourth-order valence-corrected chi connectivity index (χ4v) is 3.74. The molecule has 0 unspecified atom stereocenters. The molecule has 0 spiro atoms. The lowest BCUT2D eigenvalue weighted by molar-refractivity contribution is 0.453. The van der Waals surface area contributed by atoms with E-state index in [2.05, 4.69) is 61.9 Å². The van der Waals surface area contributed by atoms with Crippen LogP contribution in [-0.2, 0) is 17.6 Å². The molecule has 0 bridgehead atoms. The summed E-state index contributed by atoms with van der Waals surface area (Å²) in [5.41, 5.74) is 4.69. The van der Waals surface area contributed by atoms with E-state index in [0.29, 0.717) is 5.88 Å². The fourth-order valence-electron chi connectivity index (χ4n) is 2.80. The van der Waals surface area contributed by atoms with Gasteiger partial charge in [-0.15, -0.1) is 0 Å². The van der Waals surface area contributed by atoms with Gasteiger partial charge < -0.3 is 4.74 Å². The van der Waals surface area contributed by atoms with Crippen molar-refractivity contribution in [2.24, 2.45) is 0 Å². The van der Waals surface area contributed by atoms with Gasteiger partial charge in [-0.25, -0.2) is 4.98 Å². The van der Waals surface area contributed by atoms with Gasteiger partial charge in [-0.2, -0.15) is 4.98 Å². The van der Waals surface area contributed by atoms with Crippen LogP contribution in [0.2, 0.25) is 5.02 Å². The number of nitrogens with zero attached hydrogens (tertiary/aromatic N) is 2. The lowest BCUT2D eigenvalue weighted by Gasteiger charge is -2.19. The Morgan fingerprint density at radius 3 is 2.34 bits per heavy atom. The maximum atomic E-state index is 6.11. The number of thioether (sulfide) groups is 1. The van der Waals surface area contributed by atoms with E-state index in [1.807, 2.05) is 31.2 Å². The number of aromatic nitrogens is 2. The van der Waals surface area contributed by atoms with Crippen molar-refractivity contribution in [3.8, 4) is 11.6 Å². The van der Waals surface area contributed by atoms with Crippen molar-refractivity contribution >= 4 is 23.4 Å². The van der Waals surface area contributed by atoms with E-state index < -0.39 is 0 Å². The summed E-state index contributed by atoms with van der Waals surface area (Å²) in [5.74, 6) is 2.10. The van der Waals surface area contributed by atoms with Crippen LogP contribution in [0.5, 0.6) is 11.6 Å². The Labute approximate surface area is 182 Å². The molecule has 0 aliphatic rings. The normalized spacial score (nSPS) is 11.5. The van der Waals surface area contributed by atoms with E-state index in [-0.39, 0.29) is 5.41 Å². The van der Waals surface area contributed by atoms with Crippen molar-refractivity contribution in [1.29, 1.82) is 0 Å². The molecule has 0 amide bonds. The van der Waals surface area contributed by atoms with Gasteiger partial charge in [0, 0.05) is 22.5 Å². The third kappa shape index (κ3) is 5.97. The first-order valence-corrected chi connectivity index (χ1v) is 11.1. The summed E-state index contributed by atoms with van der Waals surface area (Å²) >= 11 is 7.73. The molecule has 0 saturated carbocycles. The first-order valence-electron chi connectivity index (χ1n) is 9.79. The molecular weight excluding hydrogens is 400 g/mol. The van der Waals surface area contributed by atoms with Crippen molar-refractivity contribution in [3.63, 3.8) is 0 Å². The van der Waals surface area contributed by atoms with Gasteiger partial charge in [0.05, 0.1) is 0 Å². The molecule has 2 aromatic carbocycles. The Morgan fingerprint density at radius 1 is 1.00 bits per heavy atom. The van der Waals surface area contributed by atoms with Crippen LogP contribution in [0.4, 0.5) is 0 Å². The van der Waals surface area contributed by atoms with Crippen molar-refractivity contribution in [3.05, 3.63) is 75.9 Å². The van der Waals surface area contributed by atoms with Crippen LogP contribution in [0.1, 0.15) is 50.1 Å². The second-order valence-corrected chi connectivity index (χ2v) is 9.43. The lowest BCUT2D eigenvalue weighted by Crippen LogP contribution is -2.10. The number of halogens is 1. The molecule has 5 heteroatoms. The SMILES string of the molecule is CCc1cc(Oc2ccc(Cl)c(C)c2)nc(SCc2ccc(C(C)(C)C)cc2)n1. The van der Waals surface area contributed by atoms with Gasteiger partial charge in [0.2, 0.25) is 5.88 Å². The number of rotatable bonds is 6. The molecule has 0 aliphatic heterocycles. The largest absolute Gasteiger partial charge is 0.439 e. The number of hydrogen-bond acceptors (Lipinski definition) is 4. The van der Waals surface area contributed by atoms with E-state index >= 15 is 0 Å². The summed E-state index contributed by atoms with van der Waals surface area (Å²) in [6.07, 6.45) is 0.826. The molecule has 0 fully saturated rings. The second-order valence-electron chi connectivity index (χ2n) is 8.08. The average Bonchev–Trinajstić information content (AvgIpc) is 2.68. The molecule has 0 radical (unpaired) electrons. The van der Waals surface area contributed by atoms with Crippen LogP contribution in [0.15, 0.2) is 53.7 Å². The van der Waals surface area contributed by atoms with Crippen LogP contribution in [0.3, 0.4) is 0 Å². The summed E-state index contributed by atoms with van der Waals surface area (Å²) < 4.78 is 5.98. The Bertz CT molecular complexity index is 981. The van der Waals surface area contributed by atoms with Gasteiger partial charge >= 0.3 is 0 Å². The Hall–Kier alpha value is -2.04. The van der Waals surface area contributed by atoms with E-state index in [0.717, 1.165) is 39.4 Å². The van der Waals surface area contributed by atoms with Gasteiger partial charge in [0.1, 0.15) is 5.75 Å². The highest BCUT2D eigenvalue weighted by molar-refractivity contribution is 7.98. The minimum absolute atomic E-state index is 0.163. The standard InChI is InChI=1S/C24H27ClN2OS/c1-6-19-14-22(28-20-11-12-21(25)16(2)13-20)27-23(26-19)29-15-17-7-9-18(10-8-17)24(3,4)5/h7-14H,6,15H2,1-5H3. The quantitative estimate of drug-likeness (QED) is 0.304. The van der Waals surface area contributed by atoms with Gasteiger partial charge in [-0.3, -0.25) is 0 Å². The summed E-state index contributed by atoms with van der Waals surface area (Å²) in [7, 11) is 0. The highest BCUT2D eigenvalue weighted by Crippen LogP contribution is 2.28. The van der Waals surface area contributed by atoms with Crippen LogP contribution < -0.4 is 4.74 Å². The molecule has 0 atom stereocenters. The monoisotopic (exact) mass is 426 g/mol. The predicted octanol–water partition coefficient (Wildman–Crippen LogP) is 7.38. The zero-order valence-electron chi connectivity index (χ0n) is 17.6. The van der Waals surface area contributed by atoms with Crippen molar-refractivity contribution in [1.82, 2.24) is 9.97 Å². The van der Waals surface area contributed by atoms with Gasteiger partial charge in [-0.1, -0.05) is 75.3 Å². The fraction of sp³-hybridized carbons (Fsp3) is 0.333. The zero-order chi connectivity index (χ0) is 21.0. The summed E-state index contributed by atoms with van der Waals surface area (Å²) in [4.78, 5) is 9.25. The highest BCUT2D eigenvalue weighted by Gasteiger charge is 2.13. The van der Waals surface area contributed by atoms with E-state index in [1.165, 1.54) is 11.1 Å². The maximum Gasteiger partial charge on any atom is 0.223 e. The minimum atomic E-state index is 0.163. The summed E-state index contributed by atoms with van der Waals surface area (Å²) in [6.45, 7) is 10.7. The Morgan fingerprint density at radius 2 is 1.72 bits per heavy atom. The zero-order valence-corrected chi connectivity index (χ0v) is 19.2. The number of benzene rings is 2. The van der Waals surface area contributed by atoms with Gasteiger partial charge in [-0.05, 0) is 53.6 Å². The van der Waals surface area contributed by atoms with E-state index in [1.54, 1.807) is 11.8 Å². The molecule has 0 saturated heterocycles. The van der Waals surface area contributed by atoms with E-state index in [9.17, 15) is 0 Å². The van der Waals surface area contributed by atoms with E-state index in [4.69, 9.17) is 16.3 Å². The lowest BCUT2D eigenvalue weighted by atomic mass is 9.87. The molecule has 3 aromatic rings. The molecule has 1 aromatic heterocycles. The molecule has 29 heavy (non-hydrogen) atoms. The molecule has 152 valence electrons. The summed E-state index contributed by atoms with van der Waals surface area (Å²) in [6, 6.07) is 16.3. The number of ether oxygens (including phenoxy) is 1. The molecule has 0 N–H and O–H groups in total. The molecular formula is C24H27ClN2OS. The van der Waals surface area contributed by atoms with Crippen LogP contribution in [0, 0.1) is 6.92 Å². The first-order chi connectivity index (χ1) is 13.7. The molecule has 3 nitrogen and oxygen atoms in total. The molecule has 0 aliphatic carbocycles. The topological polar surface area (TPSA) is 35.0 Å². The van der Waals surface area contributed by atoms with Gasteiger partial charge in [0.15, 0.2) is 5.16 Å². The van der Waals surface area contributed by atoms with Crippen molar-refractivity contribution in [2.75, 3.05) is 0 Å². The van der Waals surface area contributed by atoms with Crippen LogP contribution in [0.25, 0.3) is 0 Å². The first kappa shape index (κ1) is 21.7. The van der Waals surface area contributed by atoms with Gasteiger partial charge in [0.25, 0.3) is 0 Å². The van der Waals surface area contributed by atoms with Crippen molar-refractivity contribution < 1.29 is 4.74 Å². The third-order valence-electron chi connectivity index (χ3n) is 4.64. The number of aryl methyl sites for hydroxylation is 2. The highest BCUT2D eigenvalue weighted by atomic mass is 35.5. The molecule has 1 heterocycles.